The van der Waals surface area contributed by atoms with E-state index in [1.54, 1.807) is 4.90 Å². The third-order valence-corrected chi connectivity index (χ3v) is 8.79. The summed E-state index contributed by atoms with van der Waals surface area (Å²) >= 11 is 6.55. The van der Waals surface area contributed by atoms with E-state index >= 15 is 0 Å². The molecule has 0 bridgehead atoms. The van der Waals surface area contributed by atoms with Crippen LogP contribution in [0.25, 0.3) is 0 Å². The van der Waals surface area contributed by atoms with Crippen molar-refractivity contribution in [2.24, 2.45) is 5.92 Å². The minimum Gasteiger partial charge on any atom is -0.463 e. The normalized spacial score (nSPS) is 22.7. The molecule has 1 amide bonds. The maximum absolute atomic E-state index is 12.5. The maximum atomic E-state index is 12.5. The molecule has 0 spiro atoms. The summed E-state index contributed by atoms with van der Waals surface area (Å²) in [7, 11) is 4.28. The van der Waals surface area contributed by atoms with Gasteiger partial charge in [0.2, 0.25) is 5.91 Å². The van der Waals surface area contributed by atoms with Gasteiger partial charge in [-0.2, -0.15) is 15.2 Å². The number of hydrogen-bond donors (Lipinski definition) is 0. The number of rotatable bonds is 8. The molecule has 2 fully saturated rings. The zero-order valence-electron chi connectivity index (χ0n) is 23.4. The van der Waals surface area contributed by atoms with Crippen molar-refractivity contribution in [3.63, 3.8) is 0 Å². The number of ether oxygens (including phenoxy) is 1. The molecule has 5 rings (SSSR count). The van der Waals surface area contributed by atoms with E-state index in [1.807, 2.05) is 24.3 Å². The Morgan fingerprint density at radius 3 is 2.77 bits per heavy atom. The number of anilines is 2. The first-order valence-corrected chi connectivity index (χ1v) is 14.5. The maximum Gasteiger partial charge on any atom is 0.318 e. The fourth-order valence-electron chi connectivity index (χ4n) is 6.22. The van der Waals surface area contributed by atoms with Gasteiger partial charge in [-0.15, -0.1) is 0 Å². The third-order valence-electron chi connectivity index (χ3n) is 8.47. The van der Waals surface area contributed by atoms with Crippen LogP contribution in [-0.4, -0.2) is 84.6 Å². The Morgan fingerprint density at radius 2 is 2.05 bits per heavy atom. The highest BCUT2D eigenvalue weighted by molar-refractivity contribution is 6.33. The van der Waals surface area contributed by atoms with Crippen LogP contribution in [-0.2, 0) is 17.8 Å². The van der Waals surface area contributed by atoms with Crippen molar-refractivity contribution < 1.29 is 9.53 Å². The molecule has 1 aliphatic carbocycles. The predicted molar refractivity (Wildman–Crippen MR) is 157 cm³/mol. The van der Waals surface area contributed by atoms with Crippen molar-refractivity contribution in [2.45, 2.75) is 50.7 Å². The van der Waals surface area contributed by atoms with E-state index in [-0.39, 0.29) is 18.4 Å². The van der Waals surface area contributed by atoms with Crippen molar-refractivity contribution >= 4 is 29.0 Å². The van der Waals surface area contributed by atoms with E-state index < -0.39 is 0 Å². The Bertz CT molecular complexity index is 1280. The van der Waals surface area contributed by atoms with Crippen LogP contribution in [0.5, 0.6) is 6.01 Å². The summed E-state index contributed by atoms with van der Waals surface area (Å²) in [6, 6.07) is 10.9. The first kappa shape index (κ1) is 28.2. The minimum atomic E-state index is -0.232. The second kappa shape index (κ2) is 12.4. The minimum absolute atomic E-state index is 0.142. The van der Waals surface area contributed by atoms with Crippen LogP contribution in [0.4, 0.5) is 11.5 Å². The molecule has 1 saturated heterocycles. The number of carbonyl (C=O) groups excluding carboxylic acids is 1. The van der Waals surface area contributed by atoms with Gasteiger partial charge in [-0.1, -0.05) is 30.3 Å². The quantitative estimate of drug-likeness (QED) is 0.447. The van der Waals surface area contributed by atoms with Gasteiger partial charge in [-0.05, 0) is 63.9 Å². The first-order chi connectivity index (χ1) is 19.4. The molecule has 9 nitrogen and oxygen atoms in total. The van der Waals surface area contributed by atoms with Crippen molar-refractivity contribution in [1.82, 2.24) is 19.8 Å². The fourth-order valence-corrected chi connectivity index (χ4v) is 6.48. The van der Waals surface area contributed by atoms with Gasteiger partial charge >= 0.3 is 6.01 Å². The molecule has 2 aromatic rings. The highest BCUT2D eigenvalue weighted by Crippen LogP contribution is 2.35. The van der Waals surface area contributed by atoms with Crippen molar-refractivity contribution in [3.8, 4) is 12.1 Å². The lowest BCUT2D eigenvalue weighted by Gasteiger charge is -2.42. The number of amides is 1. The Hall–Kier alpha value is -3.35. The van der Waals surface area contributed by atoms with Gasteiger partial charge in [0.05, 0.1) is 48.1 Å². The Balaban J connectivity index is 1.42. The Kier molecular flexibility index (Phi) is 8.77. The molecule has 3 heterocycles. The molecule has 0 radical (unpaired) electrons. The molecular formula is C30H38ClN7O2. The molecule has 3 unspecified atom stereocenters. The topological polar surface area (TPSA) is 88.8 Å². The van der Waals surface area contributed by atoms with Gasteiger partial charge in [-0.3, -0.25) is 4.79 Å². The number of piperazine rings is 1. The number of fused-ring (bicyclic) bond motifs is 1. The van der Waals surface area contributed by atoms with Crippen LogP contribution in [0.2, 0.25) is 5.02 Å². The highest BCUT2D eigenvalue weighted by Gasteiger charge is 2.34. The van der Waals surface area contributed by atoms with Crippen LogP contribution in [0.1, 0.15) is 36.9 Å². The van der Waals surface area contributed by atoms with Gasteiger partial charge in [0.25, 0.3) is 0 Å². The monoisotopic (exact) mass is 563 g/mol. The summed E-state index contributed by atoms with van der Waals surface area (Å²) in [5.74, 6) is 1.19. The molecule has 0 N–H and O–H groups in total. The number of nitrogens with zero attached hydrogens (tertiary/aromatic N) is 7. The Labute approximate surface area is 242 Å². The SMILES string of the molecule is C=CC(=O)N1CCN(c2nc(OCC3CCC(N(C)C)C3)nc3c2CCN(c2ccccc2Cl)C3)CC1CC#N. The molecule has 3 atom stereocenters. The first-order valence-electron chi connectivity index (χ1n) is 14.1. The molecule has 40 heavy (non-hydrogen) atoms. The smallest absolute Gasteiger partial charge is 0.318 e. The number of halogens is 1. The van der Waals surface area contributed by atoms with Crippen LogP contribution in [0, 0.1) is 17.2 Å². The largest absolute Gasteiger partial charge is 0.463 e. The number of para-hydroxylation sites is 1. The van der Waals surface area contributed by atoms with E-state index in [2.05, 4.69) is 41.4 Å². The molecule has 1 aromatic carbocycles. The average Bonchev–Trinajstić information content (AvgIpc) is 3.45. The van der Waals surface area contributed by atoms with E-state index in [9.17, 15) is 10.1 Å². The van der Waals surface area contributed by atoms with E-state index in [0.29, 0.717) is 50.8 Å². The van der Waals surface area contributed by atoms with Gasteiger partial charge < -0.3 is 24.3 Å². The van der Waals surface area contributed by atoms with Gasteiger partial charge in [-0.25, -0.2) is 0 Å². The highest BCUT2D eigenvalue weighted by atomic mass is 35.5. The molecule has 1 saturated carbocycles. The molecule has 2 aliphatic heterocycles. The number of aromatic nitrogens is 2. The lowest BCUT2D eigenvalue weighted by atomic mass is 10.0. The van der Waals surface area contributed by atoms with Crippen LogP contribution >= 0.6 is 11.6 Å². The average molecular weight is 564 g/mol. The van der Waals surface area contributed by atoms with Gasteiger partial charge in [0, 0.05) is 37.8 Å². The second-order valence-electron chi connectivity index (χ2n) is 11.2. The summed E-state index contributed by atoms with van der Waals surface area (Å²) in [5.41, 5.74) is 3.03. The number of hydrogen-bond acceptors (Lipinski definition) is 8. The zero-order valence-corrected chi connectivity index (χ0v) is 24.2. The second-order valence-corrected chi connectivity index (χ2v) is 11.6. The van der Waals surface area contributed by atoms with Crippen LogP contribution in [0.3, 0.4) is 0 Å². The standard InChI is InChI=1S/C30H38ClN7O2/c1-4-28(39)38-16-15-37(18-23(38)11-13-32)29-24-12-14-36(27-8-6-5-7-25(27)31)19-26(24)33-30(34-29)40-20-21-9-10-22(17-21)35(2)3/h4-8,21-23H,1,9-12,14-20H2,2-3H3. The van der Waals surface area contributed by atoms with Crippen molar-refractivity contribution in [1.29, 1.82) is 5.26 Å². The third kappa shape index (κ3) is 6.03. The summed E-state index contributed by atoms with van der Waals surface area (Å²) in [6.07, 6.45) is 5.76. The number of carbonyl (C=O) groups is 1. The van der Waals surface area contributed by atoms with Gasteiger partial charge in [0.15, 0.2) is 0 Å². The van der Waals surface area contributed by atoms with Crippen molar-refractivity contribution in [3.05, 3.63) is 53.2 Å². The van der Waals surface area contributed by atoms with Crippen LogP contribution < -0.4 is 14.5 Å². The number of nitriles is 1. The van der Waals surface area contributed by atoms with E-state index in [1.165, 1.54) is 12.5 Å². The van der Waals surface area contributed by atoms with Gasteiger partial charge in [0.1, 0.15) is 5.82 Å². The number of benzene rings is 1. The fraction of sp³-hybridized carbons (Fsp3) is 0.533. The van der Waals surface area contributed by atoms with Crippen LogP contribution in [0.15, 0.2) is 36.9 Å². The predicted octanol–water partition coefficient (Wildman–Crippen LogP) is 3.92. The summed E-state index contributed by atoms with van der Waals surface area (Å²) in [6.45, 7) is 7.28. The molecule has 212 valence electrons. The van der Waals surface area contributed by atoms with Crippen molar-refractivity contribution in [2.75, 3.05) is 56.7 Å². The molecule has 10 heteroatoms. The molecule has 3 aliphatic rings. The Morgan fingerprint density at radius 1 is 1.23 bits per heavy atom. The zero-order chi connectivity index (χ0) is 28.2. The lowest BCUT2D eigenvalue weighted by molar-refractivity contribution is -0.128. The van der Waals surface area contributed by atoms with E-state index in [4.69, 9.17) is 26.3 Å². The molecular weight excluding hydrogens is 526 g/mol. The van der Waals surface area contributed by atoms with E-state index in [0.717, 1.165) is 53.6 Å². The molecule has 1 aromatic heterocycles. The summed E-state index contributed by atoms with van der Waals surface area (Å²) in [5, 5.41) is 10.2. The lowest BCUT2D eigenvalue weighted by Crippen LogP contribution is -2.55. The summed E-state index contributed by atoms with van der Waals surface area (Å²) < 4.78 is 6.29. The summed E-state index contributed by atoms with van der Waals surface area (Å²) in [4.78, 5) is 30.8.